The van der Waals surface area contributed by atoms with Crippen LogP contribution in [0.4, 0.5) is 8.78 Å². The maximum atomic E-state index is 14.3. The Balaban J connectivity index is 1.96. The molecule has 0 spiro atoms. The van der Waals surface area contributed by atoms with E-state index in [1.807, 2.05) is 0 Å². The van der Waals surface area contributed by atoms with Gasteiger partial charge in [0.05, 0.1) is 17.9 Å². The van der Waals surface area contributed by atoms with Gasteiger partial charge in [0.15, 0.2) is 0 Å². The minimum atomic E-state index is -3.78. The summed E-state index contributed by atoms with van der Waals surface area (Å²) in [7, 11) is -3.78. The average Bonchev–Trinajstić information content (AvgIpc) is 2.76. The Hall–Kier alpha value is -3.26. The predicted octanol–water partition coefficient (Wildman–Crippen LogP) is 4.54. The van der Waals surface area contributed by atoms with Crippen LogP contribution in [0.1, 0.15) is 28.4 Å². The van der Waals surface area contributed by atoms with Gasteiger partial charge < -0.3 is 9.08 Å². The lowest BCUT2D eigenvalue weighted by Crippen LogP contribution is -2.31. The molecule has 8 heteroatoms. The van der Waals surface area contributed by atoms with Crippen LogP contribution in [0.15, 0.2) is 72.8 Å². The molecule has 0 bridgehead atoms. The van der Waals surface area contributed by atoms with E-state index in [0.29, 0.717) is 11.1 Å². The van der Waals surface area contributed by atoms with Crippen molar-refractivity contribution in [1.82, 2.24) is 4.90 Å². The third-order valence-corrected chi connectivity index (χ3v) is 5.72. The molecule has 3 aromatic carbocycles. The summed E-state index contributed by atoms with van der Waals surface area (Å²) in [6, 6.07) is 17.6. The number of carbonyl (C=O) groups excluding carboxylic acids is 1. The van der Waals surface area contributed by atoms with Crippen molar-refractivity contribution in [3.63, 3.8) is 0 Å². The number of para-hydroxylation sites is 1. The van der Waals surface area contributed by atoms with Crippen LogP contribution in [-0.2, 0) is 23.2 Å². The number of carbonyl (C=O) groups is 1. The number of benzene rings is 3. The highest BCUT2D eigenvalue weighted by atomic mass is 32.2. The van der Waals surface area contributed by atoms with Gasteiger partial charge in [0.25, 0.3) is 5.91 Å². The molecule has 162 valence electrons. The average molecular weight is 445 g/mol. The standard InChI is InChI=1S/C23H21F2NO4S/c1-2-31(28,29)30-22-10-6-3-7-18(22)16-26(15-17-11-13-19(24)14-12-17)23(27)20-8-4-5-9-21(20)25/h3-14H,2,15-16H2,1H3. The molecule has 3 rings (SSSR count). The Labute approximate surface area is 180 Å². The van der Waals surface area contributed by atoms with Crippen molar-refractivity contribution < 1.29 is 26.2 Å². The van der Waals surface area contributed by atoms with Crippen LogP contribution in [0.2, 0.25) is 0 Å². The molecule has 0 atom stereocenters. The maximum absolute atomic E-state index is 14.3. The molecular formula is C23H21F2NO4S. The summed E-state index contributed by atoms with van der Waals surface area (Å²) in [5.41, 5.74) is 0.946. The van der Waals surface area contributed by atoms with E-state index in [1.54, 1.807) is 24.3 Å². The number of amides is 1. The summed E-state index contributed by atoms with van der Waals surface area (Å²) in [6.07, 6.45) is 0. The smallest absolute Gasteiger partial charge is 0.308 e. The van der Waals surface area contributed by atoms with Crippen molar-refractivity contribution in [3.05, 3.63) is 101 Å². The van der Waals surface area contributed by atoms with Gasteiger partial charge >= 0.3 is 10.1 Å². The molecule has 0 aromatic heterocycles. The van der Waals surface area contributed by atoms with E-state index in [9.17, 15) is 22.0 Å². The van der Waals surface area contributed by atoms with Crippen molar-refractivity contribution in [3.8, 4) is 5.75 Å². The lowest BCUT2D eigenvalue weighted by Gasteiger charge is -2.24. The normalized spacial score (nSPS) is 11.2. The zero-order valence-corrected chi connectivity index (χ0v) is 17.6. The van der Waals surface area contributed by atoms with E-state index in [4.69, 9.17) is 4.18 Å². The third kappa shape index (κ3) is 5.88. The fourth-order valence-electron chi connectivity index (χ4n) is 2.93. The first-order valence-corrected chi connectivity index (χ1v) is 11.1. The molecule has 0 saturated heterocycles. The highest BCUT2D eigenvalue weighted by Gasteiger charge is 2.22. The third-order valence-electron chi connectivity index (χ3n) is 4.58. The van der Waals surface area contributed by atoms with Gasteiger partial charge in [0.1, 0.15) is 17.4 Å². The SMILES string of the molecule is CCS(=O)(=O)Oc1ccccc1CN(Cc1ccc(F)cc1)C(=O)c1ccccc1F. The van der Waals surface area contributed by atoms with Crippen LogP contribution in [0.25, 0.3) is 0 Å². The maximum Gasteiger partial charge on any atom is 0.308 e. The molecule has 0 saturated carbocycles. The minimum Gasteiger partial charge on any atom is -0.382 e. The monoisotopic (exact) mass is 445 g/mol. The van der Waals surface area contributed by atoms with E-state index in [1.165, 1.54) is 60.4 Å². The topological polar surface area (TPSA) is 63.7 Å². The van der Waals surface area contributed by atoms with E-state index < -0.39 is 27.7 Å². The van der Waals surface area contributed by atoms with Gasteiger partial charge in [0, 0.05) is 12.1 Å². The number of halogens is 2. The minimum absolute atomic E-state index is 0.0417. The summed E-state index contributed by atoms with van der Waals surface area (Å²) in [5, 5.41) is 0. The van der Waals surface area contributed by atoms with Crippen molar-refractivity contribution in [2.75, 3.05) is 5.75 Å². The first-order chi connectivity index (χ1) is 14.8. The van der Waals surface area contributed by atoms with E-state index in [2.05, 4.69) is 0 Å². The van der Waals surface area contributed by atoms with E-state index in [0.717, 1.165) is 0 Å². The van der Waals surface area contributed by atoms with Crippen LogP contribution in [-0.4, -0.2) is 25.0 Å². The lowest BCUT2D eigenvalue weighted by molar-refractivity contribution is 0.0724. The molecule has 0 N–H and O–H groups in total. The van der Waals surface area contributed by atoms with Gasteiger partial charge in [-0.3, -0.25) is 4.79 Å². The van der Waals surface area contributed by atoms with Gasteiger partial charge in [-0.2, -0.15) is 8.42 Å². The molecule has 3 aromatic rings. The summed E-state index contributed by atoms with van der Waals surface area (Å²) >= 11 is 0. The fourth-order valence-corrected chi connectivity index (χ4v) is 3.49. The number of hydrogen-bond donors (Lipinski definition) is 0. The first-order valence-electron chi connectivity index (χ1n) is 9.57. The van der Waals surface area contributed by atoms with Gasteiger partial charge in [-0.1, -0.05) is 42.5 Å². The summed E-state index contributed by atoms with van der Waals surface area (Å²) in [4.78, 5) is 14.5. The predicted molar refractivity (Wildman–Crippen MR) is 113 cm³/mol. The molecule has 5 nitrogen and oxygen atoms in total. The summed E-state index contributed by atoms with van der Waals surface area (Å²) in [6.45, 7) is 1.47. The van der Waals surface area contributed by atoms with Crippen LogP contribution < -0.4 is 4.18 Å². The van der Waals surface area contributed by atoms with Crippen LogP contribution >= 0.6 is 0 Å². The van der Waals surface area contributed by atoms with Crippen LogP contribution in [0, 0.1) is 11.6 Å². The number of hydrogen-bond acceptors (Lipinski definition) is 4. The first kappa shape index (κ1) is 22.4. The largest absolute Gasteiger partial charge is 0.382 e. The van der Waals surface area contributed by atoms with Gasteiger partial charge in [-0.05, 0) is 42.8 Å². The lowest BCUT2D eigenvalue weighted by atomic mass is 10.1. The Bertz CT molecular complexity index is 1160. The van der Waals surface area contributed by atoms with Gasteiger partial charge in [-0.25, -0.2) is 8.78 Å². The fraction of sp³-hybridized carbons (Fsp3) is 0.174. The second kappa shape index (κ2) is 9.70. The van der Waals surface area contributed by atoms with Crippen LogP contribution in [0.5, 0.6) is 5.75 Å². The zero-order valence-electron chi connectivity index (χ0n) is 16.8. The van der Waals surface area contributed by atoms with Gasteiger partial charge in [0.2, 0.25) is 0 Å². The zero-order chi connectivity index (χ0) is 22.4. The van der Waals surface area contributed by atoms with Crippen molar-refractivity contribution in [2.45, 2.75) is 20.0 Å². The van der Waals surface area contributed by atoms with Crippen molar-refractivity contribution in [1.29, 1.82) is 0 Å². The molecule has 1 amide bonds. The Morgan fingerprint density at radius 3 is 2.23 bits per heavy atom. The molecule has 0 aliphatic carbocycles. The van der Waals surface area contributed by atoms with Gasteiger partial charge in [-0.15, -0.1) is 0 Å². The molecular weight excluding hydrogens is 424 g/mol. The Kier molecular flexibility index (Phi) is 7.02. The Morgan fingerprint density at radius 1 is 0.903 bits per heavy atom. The summed E-state index contributed by atoms with van der Waals surface area (Å²) < 4.78 is 56.6. The second-order valence-electron chi connectivity index (χ2n) is 6.80. The van der Waals surface area contributed by atoms with E-state index in [-0.39, 0.29) is 30.2 Å². The number of rotatable bonds is 8. The highest BCUT2D eigenvalue weighted by molar-refractivity contribution is 7.87. The molecule has 0 aliphatic heterocycles. The second-order valence-corrected chi connectivity index (χ2v) is 8.66. The Morgan fingerprint density at radius 2 is 1.55 bits per heavy atom. The molecule has 31 heavy (non-hydrogen) atoms. The molecule has 0 unspecified atom stereocenters. The number of nitrogens with zero attached hydrogens (tertiary/aromatic N) is 1. The molecule has 0 heterocycles. The molecule has 0 aliphatic rings. The van der Waals surface area contributed by atoms with Crippen LogP contribution in [0.3, 0.4) is 0 Å². The quantitative estimate of drug-likeness (QED) is 0.478. The molecule has 0 radical (unpaired) electrons. The van der Waals surface area contributed by atoms with E-state index >= 15 is 0 Å². The van der Waals surface area contributed by atoms with Crippen molar-refractivity contribution in [2.24, 2.45) is 0 Å². The van der Waals surface area contributed by atoms with Crippen molar-refractivity contribution >= 4 is 16.0 Å². The highest BCUT2D eigenvalue weighted by Crippen LogP contribution is 2.24. The molecule has 0 fully saturated rings. The summed E-state index contributed by atoms with van der Waals surface area (Å²) in [5.74, 6) is -1.80.